The van der Waals surface area contributed by atoms with E-state index in [1.165, 1.54) is 12.1 Å². The predicted octanol–water partition coefficient (Wildman–Crippen LogP) is 2.17. The maximum Gasteiger partial charge on any atom is 0.324 e. The van der Waals surface area contributed by atoms with Crippen molar-refractivity contribution in [3.05, 3.63) is 54.0 Å². The second-order valence-electron chi connectivity index (χ2n) is 3.97. The summed E-state index contributed by atoms with van der Waals surface area (Å²) in [6, 6.07) is 10.3. The summed E-state index contributed by atoms with van der Waals surface area (Å²) in [5.41, 5.74) is 5.86. The number of halogens is 1. The molecule has 1 aromatic carbocycles. The van der Waals surface area contributed by atoms with Crippen LogP contribution in [0.1, 0.15) is 5.69 Å². The Morgan fingerprint density at radius 3 is 2.76 bits per heavy atom. The van der Waals surface area contributed by atoms with Gasteiger partial charge in [0.2, 0.25) is 0 Å². The molecule has 0 aliphatic carbocycles. The normalized spacial score (nSPS) is 9.43. The number of rotatable bonds is 2. The van der Waals surface area contributed by atoms with Crippen molar-refractivity contribution in [2.45, 2.75) is 0 Å². The lowest BCUT2D eigenvalue weighted by Crippen LogP contribution is -2.20. The molecule has 0 fully saturated rings. The van der Waals surface area contributed by atoms with Gasteiger partial charge >= 0.3 is 6.03 Å². The fraction of sp³-hybridized carbons (Fsp3) is 0.0667. The van der Waals surface area contributed by atoms with E-state index in [-0.39, 0.29) is 12.2 Å². The summed E-state index contributed by atoms with van der Waals surface area (Å²) >= 11 is 0. The van der Waals surface area contributed by atoms with Crippen LogP contribution in [0, 0.1) is 17.7 Å². The van der Waals surface area contributed by atoms with Gasteiger partial charge in [-0.25, -0.2) is 14.2 Å². The predicted molar refractivity (Wildman–Crippen MR) is 79.2 cm³/mol. The summed E-state index contributed by atoms with van der Waals surface area (Å²) in [5, 5.41) is 4.91. The summed E-state index contributed by atoms with van der Waals surface area (Å²) in [5.74, 6) is 5.23. The zero-order valence-corrected chi connectivity index (χ0v) is 11.1. The number of aromatic nitrogens is 1. The topological polar surface area (TPSA) is 80.0 Å². The molecule has 0 atom stereocenters. The molecule has 0 aliphatic heterocycles. The van der Waals surface area contributed by atoms with Gasteiger partial charge in [0.15, 0.2) is 0 Å². The number of anilines is 2. The Morgan fingerprint density at radius 1 is 1.19 bits per heavy atom. The molecule has 0 aliphatic rings. The molecule has 2 amide bonds. The Bertz CT molecular complexity index is 706. The minimum Gasteiger partial charge on any atom is -0.320 e. The largest absolute Gasteiger partial charge is 0.324 e. The first-order valence-corrected chi connectivity index (χ1v) is 6.17. The number of nitrogens with one attached hydrogen (secondary N) is 2. The van der Waals surface area contributed by atoms with Crippen molar-refractivity contribution in [3.63, 3.8) is 0 Å². The number of hydrogen-bond acceptors (Lipinski definition) is 3. The van der Waals surface area contributed by atoms with Gasteiger partial charge in [-0.05, 0) is 30.2 Å². The molecule has 21 heavy (non-hydrogen) atoms. The molecule has 1 aromatic heterocycles. The second-order valence-corrected chi connectivity index (χ2v) is 3.97. The van der Waals surface area contributed by atoms with Crippen molar-refractivity contribution in [1.29, 1.82) is 0 Å². The van der Waals surface area contributed by atoms with Crippen LogP contribution in [-0.4, -0.2) is 17.6 Å². The third kappa shape index (κ3) is 4.30. The third-order valence-electron chi connectivity index (χ3n) is 2.43. The van der Waals surface area contributed by atoms with Crippen LogP contribution in [0.4, 0.5) is 20.7 Å². The van der Waals surface area contributed by atoms with Gasteiger partial charge in [-0.2, -0.15) is 0 Å². The van der Waals surface area contributed by atoms with Gasteiger partial charge in [0.1, 0.15) is 17.3 Å². The molecule has 0 saturated heterocycles. The van der Waals surface area contributed by atoms with E-state index in [0.29, 0.717) is 11.5 Å². The summed E-state index contributed by atoms with van der Waals surface area (Å²) in [7, 11) is 0. The van der Waals surface area contributed by atoms with Crippen molar-refractivity contribution >= 4 is 17.5 Å². The van der Waals surface area contributed by atoms with Gasteiger partial charge < -0.3 is 11.1 Å². The number of nitrogens with zero attached hydrogens (tertiary/aromatic N) is 1. The first-order chi connectivity index (χ1) is 10.2. The van der Waals surface area contributed by atoms with Gasteiger partial charge in [-0.3, -0.25) is 5.32 Å². The highest BCUT2D eigenvalue weighted by Crippen LogP contribution is 2.13. The van der Waals surface area contributed by atoms with E-state index < -0.39 is 11.8 Å². The quantitative estimate of drug-likeness (QED) is 0.739. The number of hydrogen-bond donors (Lipinski definition) is 3. The van der Waals surface area contributed by atoms with Gasteiger partial charge in [-0.15, -0.1) is 0 Å². The average molecular weight is 284 g/mol. The van der Waals surface area contributed by atoms with E-state index in [0.717, 1.165) is 0 Å². The van der Waals surface area contributed by atoms with E-state index >= 15 is 0 Å². The summed E-state index contributed by atoms with van der Waals surface area (Å²) < 4.78 is 13.4. The SMILES string of the molecule is NCC#Cc1cccc(NC(=O)Nc2ccccc2F)n1. The lowest BCUT2D eigenvalue weighted by Gasteiger charge is -2.07. The zero-order valence-electron chi connectivity index (χ0n) is 11.1. The molecule has 6 heteroatoms. The number of carbonyl (C=O) groups is 1. The van der Waals surface area contributed by atoms with Gasteiger partial charge in [0, 0.05) is 0 Å². The van der Waals surface area contributed by atoms with Crippen LogP contribution in [-0.2, 0) is 0 Å². The monoisotopic (exact) mass is 284 g/mol. The van der Waals surface area contributed by atoms with Crippen molar-refractivity contribution in [1.82, 2.24) is 4.98 Å². The van der Waals surface area contributed by atoms with Crippen molar-refractivity contribution < 1.29 is 9.18 Å². The molecule has 4 N–H and O–H groups in total. The standard InChI is InChI=1S/C15H13FN4O/c16-12-7-1-2-8-13(12)19-15(21)20-14-9-3-5-11(18-14)6-4-10-17/h1-3,5,7-9H,10,17H2,(H2,18,19,20,21). The van der Waals surface area contributed by atoms with Crippen LogP contribution in [0.5, 0.6) is 0 Å². The van der Waals surface area contributed by atoms with E-state index in [1.807, 2.05) is 0 Å². The molecular weight excluding hydrogens is 271 g/mol. The maximum atomic E-state index is 13.4. The molecule has 106 valence electrons. The first kappa shape index (κ1) is 14.5. The Labute approximate surface area is 121 Å². The number of pyridine rings is 1. The summed E-state index contributed by atoms with van der Waals surface area (Å²) in [4.78, 5) is 15.9. The Morgan fingerprint density at radius 2 is 2.00 bits per heavy atom. The lowest BCUT2D eigenvalue weighted by atomic mass is 10.3. The van der Waals surface area contributed by atoms with Crippen LogP contribution in [0.15, 0.2) is 42.5 Å². The summed E-state index contributed by atoms with van der Waals surface area (Å²) in [6.07, 6.45) is 0. The van der Waals surface area contributed by atoms with E-state index in [2.05, 4.69) is 27.5 Å². The van der Waals surface area contributed by atoms with Gasteiger partial charge in [0.05, 0.1) is 12.2 Å². The highest BCUT2D eigenvalue weighted by molar-refractivity contribution is 5.99. The molecule has 2 rings (SSSR count). The van der Waals surface area contributed by atoms with E-state index in [4.69, 9.17) is 5.73 Å². The van der Waals surface area contributed by atoms with Crippen LogP contribution in [0.25, 0.3) is 0 Å². The van der Waals surface area contributed by atoms with Crippen LogP contribution in [0.2, 0.25) is 0 Å². The minimum atomic E-state index is -0.587. The van der Waals surface area contributed by atoms with Crippen LogP contribution < -0.4 is 16.4 Å². The molecule has 0 radical (unpaired) electrons. The Hall–Kier alpha value is -2.91. The lowest BCUT2D eigenvalue weighted by molar-refractivity contribution is 0.262. The van der Waals surface area contributed by atoms with Crippen LogP contribution >= 0.6 is 0 Å². The first-order valence-electron chi connectivity index (χ1n) is 6.17. The highest BCUT2D eigenvalue weighted by Gasteiger charge is 2.06. The molecule has 0 bridgehead atoms. The van der Waals surface area contributed by atoms with E-state index in [1.54, 1.807) is 30.3 Å². The molecule has 5 nitrogen and oxygen atoms in total. The zero-order chi connectivity index (χ0) is 15.1. The van der Waals surface area contributed by atoms with Gasteiger partial charge in [-0.1, -0.05) is 24.1 Å². The molecule has 2 aromatic rings. The third-order valence-corrected chi connectivity index (χ3v) is 2.43. The molecule has 0 saturated carbocycles. The maximum absolute atomic E-state index is 13.4. The Balaban J connectivity index is 2.04. The number of carbonyl (C=O) groups excluding carboxylic acids is 1. The fourth-order valence-electron chi connectivity index (χ4n) is 1.55. The highest BCUT2D eigenvalue weighted by atomic mass is 19.1. The number of benzene rings is 1. The second kappa shape index (κ2) is 7.03. The Kier molecular flexibility index (Phi) is 4.85. The van der Waals surface area contributed by atoms with Crippen molar-refractivity contribution in [2.24, 2.45) is 5.73 Å². The summed E-state index contributed by atoms with van der Waals surface area (Å²) in [6.45, 7) is 0.229. The number of urea groups is 1. The smallest absolute Gasteiger partial charge is 0.320 e. The minimum absolute atomic E-state index is 0.0917. The van der Waals surface area contributed by atoms with Crippen molar-refractivity contribution in [3.8, 4) is 11.8 Å². The molecule has 0 unspecified atom stereocenters. The van der Waals surface area contributed by atoms with Crippen LogP contribution in [0.3, 0.4) is 0 Å². The molecule has 0 spiro atoms. The fourth-order valence-corrected chi connectivity index (χ4v) is 1.55. The number of nitrogens with two attached hydrogens (primary N) is 1. The number of para-hydroxylation sites is 1. The van der Waals surface area contributed by atoms with Crippen molar-refractivity contribution in [2.75, 3.05) is 17.2 Å². The van der Waals surface area contributed by atoms with Gasteiger partial charge in [0.25, 0.3) is 0 Å². The molecular formula is C15H13FN4O. The average Bonchev–Trinajstić information content (AvgIpc) is 2.48. The van der Waals surface area contributed by atoms with E-state index in [9.17, 15) is 9.18 Å². The molecule has 1 heterocycles. The number of amides is 2.